The van der Waals surface area contributed by atoms with Crippen LogP contribution in [0.25, 0.3) is 6.08 Å². The van der Waals surface area contributed by atoms with Crippen molar-refractivity contribution in [2.75, 3.05) is 6.61 Å². The quantitative estimate of drug-likeness (QED) is 0.423. The lowest BCUT2D eigenvalue weighted by molar-refractivity contribution is -0.145. The van der Waals surface area contributed by atoms with Crippen LogP contribution in [0.1, 0.15) is 25.3 Å². The van der Waals surface area contributed by atoms with Crippen LogP contribution in [0, 0.1) is 0 Å². The van der Waals surface area contributed by atoms with Crippen LogP contribution in [0.4, 0.5) is 0 Å². The molecule has 0 bridgehead atoms. The lowest BCUT2D eigenvalue weighted by atomic mass is 10.1. The van der Waals surface area contributed by atoms with Gasteiger partial charge in [0.05, 0.1) is 4.91 Å². The molecule has 132 valence electrons. The molecule has 25 heavy (non-hydrogen) atoms. The number of carboxylic acid groups (broad SMARTS) is 1. The number of amides is 1. The number of carbonyl (C=O) groups excluding carboxylic acids is 1. The largest absolute Gasteiger partial charge is 0.490 e. The zero-order chi connectivity index (χ0) is 18.4. The van der Waals surface area contributed by atoms with E-state index in [1.807, 2.05) is 19.1 Å². The number of benzene rings is 1. The highest BCUT2D eigenvalue weighted by molar-refractivity contribution is 8.26. The van der Waals surface area contributed by atoms with E-state index in [4.69, 9.17) is 17.0 Å². The Morgan fingerprint density at radius 3 is 2.68 bits per heavy atom. The molecule has 0 aromatic heterocycles. The molecule has 0 aliphatic carbocycles. The second-order valence-corrected chi connectivity index (χ2v) is 7.04. The maximum atomic E-state index is 12.6. The Kier molecular flexibility index (Phi) is 6.78. The zero-order valence-corrected chi connectivity index (χ0v) is 15.4. The molecule has 5 nitrogen and oxygen atoms in total. The fourth-order valence-electron chi connectivity index (χ4n) is 2.35. The number of carbonyl (C=O) groups is 2. The summed E-state index contributed by atoms with van der Waals surface area (Å²) in [7, 11) is 0. The van der Waals surface area contributed by atoms with Crippen LogP contribution in [0.15, 0.2) is 41.8 Å². The van der Waals surface area contributed by atoms with Gasteiger partial charge >= 0.3 is 5.97 Å². The van der Waals surface area contributed by atoms with E-state index in [1.165, 1.54) is 4.90 Å². The van der Waals surface area contributed by atoms with Gasteiger partial charge in [-0.05, 0) is 30.2 Å². The van der Waals surface area contributed by atoms with Gasteiger partial charge in [-0.2, -0.15) is 0 Å². The molecule has 0 unspecified atom stereocenters. The number of rotatable bonds is 8. The van der Waals surface area contributed by atoms with E-state index in [0.717, 1.165) is 17.3 Å². The van der Waals surface area contributed by atoms with Gasteiger partial charge in [-0.15, -0.1) is 0 Å². The minimum atomic E-state index is -1.04. The van der Waals surface area contributed by atoms with Gasteiger partial charge in [0.15, 0.2) is 0 Å². The standard InChI is InChI=1S/C18H19NO4S2/c1-3-5-14(17(21)22)19-16(20)15(25-18(19)24)11-12-6-8-13(9-7-12)23-10-4-2/h4,6-9,11,14H,2-3,5,10H2,1H3,(H,21,22)/b15-11+/t14-/m0/s1. The second-order valence-electron chi connectivity index (χ2n) is 5.36. The Labute approximate surface area is 156 Å². The van der Waals surface area contributed by atoms with Crippen molar-refractivity contribution in [2.45, 2.75) is 25.8 Å². The highest BCUT2D eigenvalue weighted by atomic mass is 32.2. The first-order chi connectivity index (χ1) is 12.0. The summed E-state index contributed by atoms with van der Waals surface area (Å²) in [6, 6.07) is 6.33. The first-order valence-electron chi connectivity index (χ1n) is 7.81. The average molecular weight is 377 g/mol. The molecular formula is C18H19NO4S2. The highest BCUT2D eigenvalue weighted by Crippen LogP contribution is 2.35. The van der Waals surface area contributed by atoms with Gasteiger partial charge < -0.3 is 9.84 Å². The Bertz CT molecular complexity index is 712. The molecule has 2 rings (SSSR count). The normalized spacial score (nSPS) is 17.0. The fourth-order valence-corrected chi connectivity index (χ4v) is 3.71. The molecule has 1 saturated heterocycles. The summed E-state index contributed by atoms with van der Waals surface area (Å²) < 4.78 is 5.70. The van der Waals surface area contributed by atoms with Crippen molar-refractivity contribution in [3.63, 3.8) is 0 Å². The Hall–Kier alpha value is -2.12. The lowest BCUT2D eigenvalue weighted by Gasteiger charge is -2.22. The van der Waals surface area contributed by atoms with E-state index < -0.39 is 12.0 Å². The van der Waals surface area contributed by atoms with Gasteiger partial charge in [-0.3, -0.25) is 9.69 Å². The third-order valence-corrected chi connectivity index (χ3v) is 4.86. The van der Waals surface area contributed by atoms with Crippen LogP contribution >= 0.6 is 24.0 Å². The van der Waals surface area contributed by atoms with Crippen molar-refractivity contribution in [1.29, 1.82) is 0 Å². The molecule has 1 aliphatic heterocycles. The van der Waals surface area contributed by atoms with Crippen molar-refractivity contribution in [3.05, 3.63) is 47.4 Å². The number of thiocarbonyl (C=S) groups is 1. The summed E-state index contributed by atoms with van der Waals surface area (Å²) in [6.45, 7) is 5.89. The van der Waals surface area contributed by atoms with Gasteiger partial charge in [0, 0.05) is 0 Å². The molecule has 1 fully saturated rings. The van der Waals surface area contributed by atoms with Crippen molar-refractivity contribution in [1.82, 2.24) is 4.90 Å². The molecule has 0 radical (unpaired) electrons. The summed E-state index contributed by atoms with van der Waals surface area (Å²) in [4.78, 5) is 25.7. The number of aliphatic carboxylic acids is 1. The van der Waals surface area contributed by atoms with E-state index >= 15 is 0 Å². The molecule has 1 N–H and O–H groups in total. The molecule has 1 aliphatic rings. The molecular weight excluding hydrogens is 358 g/mol. The minimum Gasteiger partial charge on any atom is -0.490 e. The topological polar surface area (TPSA) is 66.8 Å². The van der Waals surface area contributed by atoms with Crippen LogP contribution in [0.3, 0.4) is 0 Å². The maximum absolute atomic E-state index is 12.6. The molecule has 0 spiro atoms. The van der Waals surface area contributed by atoms with E-state index in [0.29, 0.717) is 30.1 Å². The molecule has 7 heteroatoms. The third kappa shape index (κ3) is 4.70. The first-order valence-corrected chi connectivity index (χ1v) is 9.04. The van der Waals surface area contributed by atoms with E-state index in [9.17, 15) is 14.7 Å². The smallest absolute Gasteiger partial charge is 0.326 e. The predicted octanol–water partition coefficient (Wildman–Crippen LogP) is 3.71. The van der Waals surface area contributed by atoms with Crippen molar-refractivity contribution in [2.24, 2.45) is 0 Å². The number of nitrogens with zero attached hydrogens (tertiary/aromatic N) is 1. The van der Waals surface area contributed by atoms with Gasteiger partial charge in [0.1, 0.15) is 22.7 Å². The monoisotopic (exact) mass is 377 g/mol. The van der Waals surface area contributed by atoms with Crippen molar-refractivity contribution >= 4 is 46.3 Å². The van der Waals surface area contributed by atoms with Crippen molar-refractivity contribution in [3.8, 4) is 5.75 Å². The molecule has 1 aromatic rings. The Morgan fingerprint density at radius 1 is 1.44 bits per heavy atom. The van der Waals surface area contributed by atoms with Gasteiger partial charge in [-0.25, -0.2) is 4.79 Å². The van der Waals surface area contributed by atoms with Gasteiger partial charge in [0.2, 0.25) is 0 Å². The summed E-state index contributed by atoms with van der Waals surface area (Å²) in [5, 5.41) is 9.37. The number of thioether (sulfide) groups is 1. The van der Waals surface area contributed by atoms with Crippen LogP contribution in [-0.4, -0.2) is 38.9 Å². The number of hydrogen-bond acceptors (Lipinski definition) is 5. The number of carboxylic acids is 1. The van der Waals surface area contributed by atoms with Crippen molar-refractivity contribution < 1.29 is 19.4 Å². The predicted molar refractivity (Wildman–Crippen MR) is 103 cm³/mol. The van der Waals surface area contributed by atoms with Crippen LogP contribution in [0.2, 0.25) is 0 Å². The summed E-state index contributed by atoms with van der Waals surface area (Å²) in [5.74, 6) is -0.690. The molecule has 0 saturated carbocycles. The summed E-state index contributed by atoms with van der Waals surface area (Å²) in [6.07, 6.45) is 4.39. The van der Waals surface area contributed by atoms with Crippen LogP contribution < -0.4 is 4.74 Å². The van der Waals surface area contributed by atoms with E-state index in [1.54, 1.807) is 24.3 Å². The first kappa shape index (κ1) is 19.2. The lowest BCUT2D eigenvalue weighted by Crippen LogP contribution is -2.43. The third-order valence-electron chi connectivity index (χ3n) is 3.53. The van der Waals surface area contributed by atoms with Crippen LogP contribution in [-0.2, 0) is 9.59 Å². The molecule has 1 atom stereocenters. The molecule has 1 heterocycles. The van der Waals surface area contributed by atoms with Gasteiger partial charge in [-0.1, -0.05) is 62.1 Å². The average Bonchev–Trinajstić information content (AvgIpc) is 2.86. The Morgan fingerprint density at radius 2 is 2.12 bits per heavy atom. The summed E-state index contributed by atoms with van der Waals surface area (Å²) >= 11 is 6.35. The van der Waals surface area contributed by atoms with E-state index in [-0.39, 0.29) is 10.2 Å². The maximum Gasteiger partial charge on any atom is 0.326 e. The number of hydrogen-bond donors (Lipinski definition) is 1. The SMILES string of the molecule is C=CCOc1ccc(/C=C2/SC(=S)N([C@@H](CCC)C(=O)O)C2=O)cc1. The van der Waals surface area contributed by atoms with Gasteiger partial charge in [0.25, 0.3) is 5.91 Å². The number of ether oxygens (including phenoxy) is 1. The molecule has 1 amide bonds. The summed E-state index contributed by atoms with van der Waals surface area (Å²) in [5.41, 5.74) is 0.814. The molecule has 1 aromatic carbocycles. The minimum absolute atomic E-state index is 0.281. The second kappa shape index (κ2) is 8.82. The zero-order valence-electron chi connectivity index (χ0n) is 13.8. The highest BCUT2D eigenvalue weighted by Gasteiger charge is 2.39. The Balaban J connectivity index is 2.19. The fraction of sp³-hybridized carbons (Fsp3) is 0.278. The van der Waals surface area contributed by atoms with E-state index in [2.05, 4.69) is 6.58 Å². The van der Waals surface area contributed by atoms with Crippen LogP contribution in [0.5, 0.6) is 5.75 Å².